The van der Waals surface area contributed by atoms with E-state index in [0.717, 1.165) is 22.0 Å². The summed E-state index contributed by atoms with van der Waals surface area (Å²) in [7, 11) is 0. The first-order chi connectivity index (χ1) is 14.0. The first kappa shape index (κ1) is 23.2. The minimum Gasteiger partial charge on any atom is -0.512 e. The van der Waals surface area contributed by atoms with Crippen LogP contribution in [-0.4, -0.2) is 15.9 Å². The predicted octanol–water partition coefficient (Wildman–Crippen LogP) is 6.40. The molecule has 0 saturated heterocycles. The van der Waals surface area contributed by atoms with Crippen molar-refractivity contribution in [3.05, 3.63) is 103 Å². The Balaban J connectivity index is 0.000000350. The fourth-order valence-electron chi connectivity index (χ4n) is 3.02. The summed E-state index contributed by atoms with van der Waals surface area (Å²) in [6.45, 7) is 2.85. The molecule has 4 rings (SSSR count). The quantitative estimate of drug-likeness (QED) is 0.175. The van der Waals surface area contributed by atoms with Crippen LogP contribution in [0, 0.1) is 6.07 Å². The van der Waals surface area contributed by atoms with Crippen LogP contribution in [0.4, 0.5) is 0 Å². The van der Waals surface area contributed by atoms with E-state index in [-0.39, 0.29) is 32.6 Å². The Hall–Kier alpha value is -3.03. The molecule has 0 aliphatic rings. The smallest absolute Gasteiger partial charge is 0.155 e. The van der Waals surface area contributed by atoms with Gasteiger partial charge in [0, 0.05) is 38.9 Å². The van der Waals surface area contributed by atoms with Crippen LogP contribution in [0.25, 0.3) is 33.2 Å². The van der Waals surface area contributed by atoms with Crippen LogP contribution in [0.1, 0.15) is 13.8 Å². The minimum atomic E-state index is -0.125. The summed E-state index contributed by atoms with van der Waals surface area (Å²) in [5, 5.41) is 9.52. The Morgan fingerprint density at radius 1 is 0.900 bits per heavy atom. The zero-order valence-corrected chi connectivity index (χ0v) is 19.1. The molecular weight excluding hydrogens is 553 g/mol. The number of benzene rings is 3. The van der Waals surface area contributed by atoms with Crippen LogP contribution in [0.15, 0.2) is 96.9 Å². The van der Waals surface area contributed by atoms with E-state index in [1.807, 2.05) is 24.4 Å². The third kappa shape index (κ3) is 6.23. The Morgan fingerprint density at radius 2 is 1.63 bits per heavy atom. The van der Waals surface area contributed by atoms with Crippen molar-refractivity contribution in [3.63, 3.8) is 0 Å². The monoisotopic (exact) mass is 575 g/mol. The van der Waals surface area contributed by atoms with E-state index in [1.165, 1.54) is 31.1 Å². The second-order valence-electron chi connectivity index (χ2n) is 6.63. The summed E-state index contributed by atoms with van der Waals surface area (Å²) in [4.78, 5) is 14.5. The number of fused-ring (bicyclic) bond motifs is 1. The molecule has 0 radical (unpaired) electrons. The fourth-order valence-corrected chi connectivity index (χ4v) is 3.02. The molecule has 0 bridgehead atoms. The van der Waals surface area contributed by atoms with E-state index in [0.29, 0.717) is 0 Å². The number of hydrogen-bond acceptors (Lipinski definition) is 3. The van der Waals surface area contributed by atoms with Crippen molar-refractivity contribution in [1.29, 1.82) is 0 Å². The Bertz CT molecular complexity index is 1130. The van der Waals surface area contributed by atoms with Gasteiger partial charge in [0.15, 0.2) is 5.78 Å². The molecule has 0 amide bonds. The molecule has 4 heteroatoms. The van der Waals surface area contributed by atoms with Gasteiger partial charge < -0.3 is 5.11 Å². The molecule has 4 aromatic rings. The Kier molecular flexibility index (Phi) is 8.70. The van der Waals surface area contributed by atoms with Crippen molar-refractivity contribution in [3.8, 4) is 22.3 Å². The standard InChI is InChI=1S/C21H14N.C5H8O2.Pt/c1-2-6-16(7-3-1)17-11-13-18(14-12-17)20-10-4-8-19-9-5-15-22-21(19)20;1-4(6)3-5(2)7;/h1-13,15H;3,6H,1-2H3;/q-1;;/b;4-3-;. The summed E-state index contributed by atoms with van der Waals surface area (Å²) < 4.78 is 0. The third-order valence-electron chi connectivity index (χ3n) is 4.25. The van der Waals surface area contributed by atoms with E-state index in [4.69, 9.17) is 5.11 Å². The average Bonchev–Trinajstić information content (AvgIpc) is 2.74. The van der Waals surface area contributed by atoms with Crippen LogP contribution >= 0.6 is 0 Å². The molecule has 30 heavy (non-hydrogen) atoms. The second-order valence-corrected chi connectivity index (χ2v) is 6.63. The van der Waals surface area contributed by atoms with Gasteiger partial charge in [0.05, 0.1) is 5.76 Å². The van der Waals surface area contributed by atoms with Gasteiger partial charge in [-0.25, -0.2) is 0 Å². The molecule has 0 fully saturated rings. The normalized spacial score (nSPS) is 10.5. The number of hydrogen-bond donors (Lipinski definition) is 1. The van der Waals surface area contributed by atoms with Crippen molar-refractivity contribution < 1.29 is 31.0 Å². The molecular formula is C26H22NO2Pt-. The van der Waals surface area contributed by atoms with Crippen LogP contribution < -0.4 is 0 Å². The van der Waals surface area contributed by atoms with Gasteiger partial charge in [0.25, 0.3) is 0 Å². The Labute approximate surface area is 191 Å². The second kappa shape index (κ2) is 11.2. The molecule has 3 nitrogen and oxygen atoms in total. The number of aliphatic hydroxyl groups excluding tert-OH is 1. The predicted molar refractivity (Wildman–Crippen MR) is 119 cm³/mol. The number of ketones is 1. The van der Waals surface area contributed by atoms with Gasteiger partial charge in [-0.1, -0.05) is 71.3 Å². The van der Waals surface area contributed by atoms with E-state index in [9.17, 15) is 4.79 Å². The summed E-state index contributed by atoms with van der Waals surface area (Å²) >= 11 is 0. The van der Waals surface area contributed by atoms with Gasteiger partial charge >= 0.3 is 0 Å². The third-order valence-corrected chi connectivity index (χ3v) is 4.25. The molecule has 0 spiro atoms. The molecule has 3 aromatic carbocycles. The van der Waals surface area contributed by atoms with Gasteiger partial charge in [-0.2, -0.15) is 0 Å². The maximum atomic E-state index is 10.0. The van der Waals surface area contributed by atoms with Crippen LogP contribution in [0.2, 0.25) is 0 Å². The SMILES string of the molecule is CC(=O)/C=C(/C)O.[Pt].[c-]1cc(-c2ccccc2)ccc1-c1cccc2cccnc12. The number of carbonyl (C=O) groups is 1. The van der Waals surface area contributed by atoms with Crippen molar-refractivity contribution in [1.82, 2.24) is 4.98 Å². The first-order valence-corrected chi connectivity index (χ1v) is 9.33. The van der Waals surface area contributed by atoms with E-state index in [1.54, 1.807) is 0 Å². The maximum absolute atomic E-state index is 10.0. The van der Waals surface area contributed by atoms with Gasteiger partial charge in [0.1, 0.15) is 0 Å². The zero-order valence-electron chi connectivity index (χ0n) is 16.8. The molecule has 1 heterocycles. The van der Waals surface area contributed by atoms with Crippen LogP contribution in [-0.2, 0) is 25.9 Å². The van der Waals surface area contributed by atoms with Crippen LogP contribution in [0.3, 0.4) is 0 Å². The molecule has 0 atom stereocenters. The summed E-state index contributed by atoms with van der Waals surface area (Å²) in [5.41, 5.74) is 5.61. The number of carbonyl (C=O) groups excluding carboxylic acids is 1. The van der Waals surface area contributed by atoms with Gasteiger partial charge in [-0.05, 0) is 25.3 Å². The van der Waals surface area contributed by atoms with E-state index < -0.39 is 0 Å². The number of aromatic nitrogens is 1. The fraction of sp³-hybridized carbons (Fsp3) is 0.0769. The zero-order chi connectivity index (χ0) is 20.6. The number of aliphatic hydroxyl groups is 1. The number of allylic oxidation sites excluding steroid dienone is 2. The number of pyridine rings is 1. The molecule has 0 unspecified atom stereocenters. The van der Waals surface area contributed by atoms with Gasteiger partial charge in [-0.15, -0.1) is 29.8 Å². The summed E-state index contributed by atoms with van der Waals surface area (Å²) in [5.74, 6) is -0.0625. The van der Waals surface area contributed by atoms with E-state index >= 15 is 0 Å². The molecule has 1 N–H and O–H groups in total. The number of para-hydroxylation sites is 1. The summed E-state index contributed by atoms with van der Waals surface area (Å²) in [6, 6.07) is 30.4. The molecule has 154 valence electrons. The molecule has 0 aliphatic carbocycles. The first-order valence-electron chi connectivity index (χ1n) is 9.33. The van der Waals surface area contributed by atoms with Crippen molar-refractivity contribution in [2.75, 3.05) is 0 Å². The Morgan fingerprint density at radius 3 is 2.23 bits per heavy atom. The molecule has 0 aliphatic heterocycles. The largest absolute Gasteiger partial charge is 0.512 e. The molecule has 1 aromatic heterocycles. The summed E-state index contributed by atoms with van der Waals surface area (Å²) in [6.07, 6.45) is 3.00. The topological polar surface area (TPSA) is 50.2 Å². The van der Waals surface area contributed by atoms with Gasteiger partial charge in [-0.3, -0.25) is 9.78 Å². The maximum Gasteiger partial charge on any atom is 0.155 e. The molecule has 0 saturated carbocycles. The average molecular weight is 576 g/mol. The number of rotatable bonds is 3. The van der Waals surface area contributed by atoms with E-state index in [2.05, 4.69) is 71.7 Å². The van der Waals surface area contributed by atoms with Crippen molar-refractivity contribution in [2.45, 2.75) is 13.8 Å². The van der Waals surface area contributed by atoms with Gasteiger partial charge in [0.2, 0.25) is 0 Å². The van der Waals surface area contributed by atoms with Crippen molar-refractivity contribution >= 4 is 16.7 Å². The minimum absolute atomic E-state index is 0. The van der Waals surface area contributed by atoms with Crippen molar-refractivity contribution in [2.24, 2.45) is 0 Å². The number of nitrogens with zero attached hydrogens (tertiary/aromatic N) is 1. The van der Waals surface area contributed by atoms with Crippen LogP contribution in [0.5, 0.6) is 0 Å².